The zero-order chi connectivity index (χ0) is 88.4. The van der Waals surface area contributed by atoms with Gasteiger partial charge in [0, 0.05) is 20.8 Å². The summed E-state index contributed by atoms with van der Waals surface area (Å²) in [6.45, 7) is -0.517. The van der Waals surface area contributed by atoms with Gasteiger partial charge in [-0.3, -0.25) is 14.4 Å². The summed E-state index contributed by atoms with van der Waals surface area (Å²) in [5.41, 5.74) is -0.574. The van der Waals surface area contributed by atoms with Crippen LogP contribution in [0.2, 0.25) is 0 Å². The molecule has 3 fully saturated rings. The lowest BCUT2D eigenvalue weighted by Crippen LogP contribution is -2.70. The monoisotopic (exact) mass is 1720 g/mol. The Labute approximate surface area is 721 Å². The number of hydrogen-bond donors (Lipinski definition) is 0. The smallest absolute Gasteiger partial charge is 0.338 e. The van der Waals surface area contributed by atoms with Crippen LogP contribution < -0.4 is 0 Å². The molecule has 3 aliphatic heterocycles. The van der Waals surface area contributed by atoms with Gasteiger partial charge in [-0.1, -0.05) is 194 Å². The van der Waals surface area contributed by atoms with E-state index in [0.717, 1.165) is 20.8 Å². The molecule has 0 N–H and O–H groups in total. The van der Waals surface area contributed by atoms with Crippen molar-refractivity contribution in [2.45, 2.75) is 132 Å². The lowest BCUT2D eigenvalue weighted by atomic mass is 9.92. The first-order chi connectivity index (χ1) is 61.2. The molecule has 3 saturated heterocycles. The van der Waals surface area contributed by atoms with Crippen LogP contribution in [0.3, 0.4) is 0 Å². The van der Waals surface area contributed by atoms with Crippen LogP contribution in [0.25, 0.3) is 0 Å². The molecule has 648 valence electrons. The number of benzene rings is 10. The third-order valence-electron chi connectivity index (χ3n) is 19.9. The first kappa shape index (κ1) is 89.4. The molecule has 10 aromatic carbocycles. The molecule has 126 heavy (non-hydrogen) atoms. The average Bonchev–Trinajstić information content (AvgIpc) is 0.747. The van der Waals surface area contributed by atoms with Gasteiger partial charge >= 0.3 is 71.6 Å². The number of carbonyl (C=O) groups excluding carboxylic acids is 12. The standard InChI is InChI=1S/C96H84O30/c1-58(97)109-55-71(113-59(2)98)75-78(125-95-83(121-92(107)69-50-30-12-31-51-69)79(119-90(105)67-46-26-10-27-47-67)74(117-88(103)65-42-22-8-23-43-65)73(116-95)57-112-86(101)63-38-18-6-19-39-63)80(82(94(123-75)114-60(3)99)110-54-61-34-14-4-15-35-61)126-96-84(122-93(108)70-52-32-13-33-53-70)81(120-91(106)68-48-28-11-29-49-68)77(118-89(104)66-44-24-9-25-45-66)76(124-96)72(115-87(102)64-40-20-7-21-41-64)56-111-85(100)62-36-16-5-17-37-62/h4-53,71-84,94-96H,54-57H2,1-3H3/t71-,72-,73+,74+,75+,76+,77+,78+,79-,80-,81-,82-,83+,84-,94+,95-,96+/m0/s1. The predicted molar refractivity (Wildman–Crippen MR) is 438 cm³/mol. The summed E-state index contributed by atoms with van der Waals surface area (Å²) in [4.78, 5) is 177. The Morgan fingerprint density at radius 3 is 0.944 bits per heavy atom. The van der Waals surface area contributed by atoms with Gasteiger partial charge in [-0.25, -0.2) is 43.2 Å². The van der Waals surface area contributed by atoms with E-state index in [-0.39, 0.29) is 50.1 Å². The van der Waals surface area contributed by atoms with E-state index in [2.05, 4.69) is 0 Å². The van der Waals surface area contributed by atoms with Crippen LogP contribution in [0.4, 0.5) is 0 Å². The van der Waals surface area contributed by atoms with Crippen LogP contribution >= 0.6 is 0 Å². The normalized spacial score (nSPS) is 22.3. The topological polar surface area (TPSA) is 371 Å². The van der Waals surface area contributed by atoms with Crippen LogP contribution in [0.5, 0.6) is 0 Å². The molecule has 0 aromatic heterocycles. The fourth-order valence-corrected chi connectivity index (χ4v) is 13.9. The Hall–Kier alpha value is -14.4. The third-order valence-corrected chi connectivity index (χ3v) is 19.9. The fraction of sp³-hybridized carbons (Fsp3) is 0.250. The summed E-state index contributed by atoms with van der Waals surface area (Å²) >= 11 is 0. The van der Waals surface area contributed by atoms with Gasteiger partial charge in [0.2, 0.25) is 6.29 Å². The Morgan fingerprint density at radius 1 is 0.254 bits per heavy atom. The van der Waals surface area contributed by atoms with Crippen molar-refractivity contribution in [1.82, 2.24) is 0 Å². The number of esters is 12. The van der Waals surface area contributed by atoms with E-state index < -0.39 is 202 Å². The minimum Gasteiger partial charge on any atom is -0.462 e. The number of carbonyl (C=O) groups is 12. The van der Waals surface area contributed by atoms with E-state index in [0.29, 0.717) is 5.56 Å². The van der Waals surface area contributed by atoms with Gasteiger partial charge < -0.3 is 85.3 Å². The minimum absolute atomic E-state index is 0.00238. The summed E-state index contributed by atoms with van der Waals surface area (Å²) in [6.07, 6.45) is -38.1. The third kappa shape index (κ3) is 23.7. The highest BCUT2D eigenvalue weighted by molar-refractivity contribution is 5.94. The molecule has 13 rings (SSSR count). The average molecular weight is 1720 g/mol. The van der Waals surface area contributed by atoms with Crippen molar-refractivity contribution in [2.75, 3.05) is 19.8 Å². The number of ether oxygens (including phenoxy) is 18. The van der Waals surface area contributed by atoms with Gasteiger partial charge in [0.25, 0.3) is 0 Å². The summed E-state index contributed by atoms with van der Waals surface area (Å²) in [5, 5.41) is 0. The Balaban J connectivity index is 1.07. The van der Waals surface area contributed by atoms with Gasteiger partial charge in [0.05, 0.1) is 56.7 Å². The zero-order valence-corrected chi connectivity index (χ0v) is 67.8. The van der Waals surface area contributed by atoms with E-state index in [9.17, 15) is 28.8 Å². The Bertz CT molecular complexity index is 5340. The van der Waals surface area contributed by atoms with Gasteiger partial charge in [-0.2, -0.15) is 0 Å². The Kier molecular flexibility index (Phi) is 30.9. The highest BCUT2D eigenvalue weighted by Gasteiger charge is 2.63. The van der Waals surface area contributed by atoms with Crippen LogP contribution in [0.1, 0.15) is 120 Å². The fourth-order valence-electron chi connectivity index (χ4n) is 13.9. The summed E-state index contributed by atoms with van der Waals surface area (Å²) in [7, 11) is 0. The summed E-state index contributed by atoms with van der Waals surface area (Å²) in [6, 6.07) is 74.9. The second kappa shape index (κ2) is 43.6. The van der Waals surface area contributed by atoms with E-state index in [1.54, 1.807) is 109 Å². The lowest BCUT2D eigenvalue weighted by molar-refractivity contribution is -0.391. The minimum atomic E-state index is -2.55. The van der Waals surface area contributed by atoms with Crippen molar-refractivity contribution in [1.29, 1.82) is 0 Å². The molecule has 0 amide bonds. The van der Waals surface area contributed by atoms with Crippen molar-refractivity contribution < 1.29 is 143 Å². The highest BCUT2D eigenvalue weighted by Crippen LogP contribution is 2.42. The second-order valence-electron chi connectivity index (χ2n) is 28.7. The van der Waals surface area contributed by atoms with Crippen molar-refractivity contribution in [3.63, 3.8) is 0 Å². The maximum absolute atomic E-state index is 15.6. The molecule has 0 aliphatic carbocycles. The molecule has 30 heteroatoms. The van der Waals surface area contributed by atoms with Crippen LogP contribution in [-0.4, -0.2) is 196 Å². The maximum Gasteiger partial charge on any atom is 0.338 e. The molecule has 3 heterocycles. The summed E-state index contributed by atoms with van der Waals surface area (Å²) in [5.74, 6) is -13.4. The van der Waals surface area contributed by atoms with Gasteiger partial charge in [-0.15, -0.1) is 0 Å². The molecule has 30 nitrogen and oxygen atoms in total. The van der Waals surface area contributed by atoms with E-state index in [1.807, 2.05) is 0 Å². The first-order valence-corrected chi connectivity index (χ1v) is 39.9. The molecule has 0 bridgehead atoms. The molecule has 0 unspecified atom stereocenters. The van der Waals surface area contributed by atoms with Crippen LogP contribution in [-0.2, 0) is 106 Å². The lowest BCUT2D eigenvalue weighted by Gasteiger charge is -2.52. The van der Waals surface area contributed by atoms with Gasteiger partial charge in [-0.05, 0) is 115 Å². The molecule has 0 spiro atoms. The van der Waals surface area contributed by atoms with E-state index in [4.69, 9.17) is 85.3 Å². The molecule has 17 atom stereocenters. The summed E-state index contributed by atoms with van der Waals surface area (Å²) < 4.78 is 119. The van der Waals surface area contributed by atoms with Crippen molar-refractivity contribution in [2.24, 2.45) is 0 Å². The van der Waals surface area contributed by atoms with Crippen LogP contribution in [0.15, 0.2) is 303 Å². The molecule has 0 radical (unpaired) electrons. The SMILES string of the molecule is CC(=O)OC[C@H](OC(C)=O)[C@H]1O[C@@H](OC(C)=O)[C@@H](OCc2ccccc2)[C@@H](O[C@H]2O[C@H]([C@H](COC(=O)c3ccccc3)OC(=O)c3ccccc3)[C@@H](OC(=O)c3ccccc3)[C@H](OC(=O)c3ccccc3)[C@@H]2OC(=O)c2ccccc2)[C@@H]1O[C@@H]1O[C@H](COC(=O)c2ccccc2)[C@@H](OC(=O)c2ccccc2)[C@H](OC(=O)c2ccccc2)[C@H]1OC(=O)c1ccccc1. The van der Waals surface area contributed by atoms with Crippen molar-refractivity contribution >= 4 is 71.6 Å². The Morgan fingerprint density at radius 2 is 0.556 bits per heavy atom. The first-order valence-electron chi connectivity index (χ1n) is 39.9. The zero-order valence-electron chi connectivity index (χ0n) is 67.8. The molecular formula is C96H84O30. The van der Waals surface area contributed by atoms with E-state index >= 15 is 28.8 Å². The molecule has 10 aromatic rings. The number of rotatable bonds is 33. The van der Waals surface area contributed by atoms with Crippen molar-refractivity contribution in [3.05, 3.63) is 359 Å². The van der Waals surface area contributed by atoms with E-state index in [1.165, 1.54) is 194 Å². The number of hydrogen-bond acceptors (Lipinski definition) is 30. The van der Waals surface area contributed by atoms with Crippen LogP contribution in [0, 0.1) is 0 Å². The maximum atomic E-state index is 15.6. The quantitative estimate of drug-likeness (QED) is 0.0272. The van der Waals surface area contributed by atoms with Gasteiger partial charge in [0.1, 0.15) is 56.4 Å². The second-order valence-corrected chi connectivity index (χ2v) is 28.7. The highest BCUT2D eigenvalue weighted by atomic mass is 16.8. The molecule has 3 aliphatic rings. The van der Waals surface area contributed by atoms with Crippen molar-refractivity contribution in [3.8, 4) is 0 Å². The molecular weight excluding hydrogens is 1630 g/mol. The largest absolute Gasteiger partial charge is 0.462 e. The molecule has 0 saturated carbocycles. The van der Waals surface area contributed by atoms with Gasteiger partial charge in [0.15, 0.2) is 61.4 Å². The predicted octanol–water partition coefficient (Wildman–Crippen LogP) is 11.9.